The predicted molar refractivity (Wildman–Crippen MR) is 127 cm³/mol. The van der Waals surface area contributed by atoms with Crippen molar-refractivity contribution in [3.63, 3.8) is 0 Å². The van der Waals surface area contributed by atoms with Crippen molar-refractivity contribution in [3.05, 3.63) is 59.4 Å². The van der Waals surface area contributed by atoms with Crippen LogP contribution in [0, 0.1) is 28.6 Å². The fraction of sp³-hybridized carbons (Fsp3) is 0.556. The summed E-state index contributed by atoms with van der Waals surface area (Å²) >= 11 is 0. The highest BCUT2D eigenvalue weighted by atomic mass is 19.4. The fourth-order valence-electron chi connectivity index (χ4n) is 5.65. The number of nitrogens with zero attached hydrogens (tertiary/aromatic N) is 4. The quantitative estimate of drug-likeness (QED) is 0.546. The molecule has 0 amide bonds. The van der Waals surface area contributed by atoms with Crippen molar-refractivity contribution in [3.8, 4) is 6.07 Å². The average molecular weight is 485 g/mol. The van der Waals surface area contributed by atoms with Crippen molar-refractivity contribution in [2.75, 3.05) is 44.3 Å². The first-order valence-electron chi connectivity index (χ1n) is 12.4. The first-order chi connectivity index (χ1) is 16.9. The molecule has 1 unspecified atom stereocenters. The van der Waals surface area contributed by atoms with Crippen LogP contribution in [0.4, 0.5) is 18.9 Å². The van der Waals surface area contributed by atoms with Gasteiger partial charge in [-0.05, 0) is 79.9 Å². The van der Waals surface area contributed by atoms with Crippen LogP contribution in [0.3, 0.4) is 0 Å². The van der Waals surface area contributed by atoms with Crippen LogP contribution < -0.4 is 4.90 Å². The summed E-state index contributed by atoms with van der Waals surface area (Å²) in [6, 6.07) is 9.84. The minimum atomic E-state index is -4.55. The molecule has 1 aromatic heterocycles. The zero-order valence-corrected chi connectivity index (χ0v) is 19.8. The molecular weight excluding hydrogens is 453 g/mol. The largest absolute Gasteiger partial charge is 0.417 e. The lowest BCUT2D eigenvalue weighted by Crippen LogP contribution is -2.45. The smallest absolute Gasteiger partial charge is 0.381 e. The second kappa shape index (κ2) is 9.79. The molecule has 1 aromatic carbocycles. The maximum absolute atomic E-state index is 13.6. The van der Waals surface area contributed by atoms with Gasteiger partial charge in [-0.25, -0.2) is 0 Å². The zero-order valence-electron chi connectivity index (χ0n) is 19.8. The van der Waals surface area contributed by atoms with E-state index < -0.39 is 11.7 Å². The number of pyridine rings is 1. The number of halogens is 3. The topological polar surface area (TPSA) is 52.4 Å². The number of nitriles is 1. The van der Waals surface area contributed by atoms with E-state index in [2.05, 4.69) is 20.9 Å². The van der Waals surface area contributed by atoms with E-state index in [1.165, 1.54) is 24.5 Å². The maximum Gasteiger partial charge on any atom is 0.417 e. The molecule has 5 rings (SSSR count). The van der Waals surface area contributed by atoms with Gasteiger partial charge in [0.25, 0.3) is 0 Å². The van der Waals surface area contributed by atoms with Gasteiger partial charge in [-0.1, -0.05) is 6.07 Å². The van der Waals surface area contributed by atoms with Crippen LogP contribution in [0.25, 0.3) is 0 Å². The molecule has 0 radical (unpaired) electrons. The minimum absolute atomic E-state index is 0.0152. The average Bonchev–Trinajstić information content (AvgIpc) is 3.62. The summed E-state index contributed by atoms with van der Waals surface area (Å²) in [5.41, 5.74) is 0.562. The highest BCUT2D eigenvalue weighted by molar-refractivity contribution is 5.56. The number of hydrogen-bond acceptors (Lipinski definition) is 5. The predicted octanol–water partition coefficient (Wildman–Crippen LogP) is 5.12. The van der Waals surface area contributed by atoms with E-state index in [4.69, 9.17) is 10.00 Å². The van der Waals surface area contributed by atoms with Gasteiger partial charge in [0.2, 0.25) is 0 Å². The Hall–Kier alpha value is -2.63. The molecule has 1 aliphatic carbocycles. The Kier molecular flexibility index (Phi) is 6.73. The molecule has 2 aliphatic heterocycles. The van der Waals surface area contributed by atoms with Crippen molar-refractivity contribution in [1.82, 2.24) is 9.88 Å². The van der Waals surface area contributed by atoms with Crippen LogP contribution in [0.15, 0.2) is 42.7 Å². The van der Waals surface area contributed by atoms with Gasteiger partial charge in [0.15, 0.2) is 0 Å². The van der Waals surface area contributed by atoms with Gasteiger partial charge in [-0.15, -0.1) is 0 Å². The minimum Gasteiger partial charge on any atom is -0.381 e. The number of rotatable bonds is 7. The highest BCUT2D eigenvalue weighted by Gasteiger charge is 2.48. The summed E-state index contributed by atoms with van der Waals surface area (Å²) in [4.78, 5) is 8.74. The highest BCUT2D eigenvalue weighted by Crippen LogP contribution is 2.47. The van der Waals surface area contributed by atoms with E-state index in [-0.39, 0.29) is 16.9 Å². The van der Waals surface area contributed by atoms with Crippen molar-refractivity contribution in [2.24, 2.45) is 17.3 Å². The van der Waals surface area contributed by atoms with Gasteiger partial charge in [-0.3, -0.25) is 9.88 Å². The standard InChI is InChI=1S/C27H31F3N4O/c28-27(29,30)25-12-24(6-5-22(25)13-31)34-16-23(18-35-17-20-3-4-20)26(19-34)7-10-33(11-8-26)15-21-2-1-9-32-14-21/h1-2,5-6,9,12,14,20,23H,3-4,7-8,10-11,15-19H2. The number of alkyl halides is 3. The van der Waals surface area contributed by atoms with Crippen molar-refractivity contribution in [1.29, 1.82) is 5.26 Å². The molecule has 5 nitrogen and oxygen atoms in total. The number of anilines is 1. The maximum atomic E-state index is 13.6. The fourth-order valence-corrected chi connectivity index (χ4v) is 5.65. The number of hydrogen-bond donors (Lipinski definition) is 0. The lowest BCUT2D eigenvalue weighted by atomic mass is 9.71. The summed E-state index contributed by atoms with van der Waals surface area (Å²) in [6.45, 7) is 5.59. The molecule has 0 bridgehead atoms. The summed E-state index contributed by atoms with van der Waals surface area (Å²) in [7, 11) is 0. The van der Waals surface area contributed by atoms with Crippen LogP contribution in [0.5, 0.6) is 0 Å². The molecule has 2 saturated heterocycles. The molecule has 3 fully saturated rings. The molecule has 2 aromatic rings. The van der Waals surface area contributed by atoms with Crippen molar-refractivity contribution in [2.45, 2.75) is 38.4 Å². The normalized spacial score (nSPS) is 22.5. The van der Waals surface area contributed by atoms with Crippen LogP contribution in [0.2, 0.25) is 0 Å². The summed E-state index contributed by atoms with van der Waals surface area (Å²) in [5.74, 6) is 0.949. The third-order valence-electron chi connectivity index (χ3n) is 7.96. The second-order valence-corrected chi connectivity index (χ2v) is 10.4. The van der Waals surface area contributed by atoms with E-state index in [0.717, 1.165) is 45.1 Å². The van der Waals surface area contributed by atoms with E-state index in [1.807, 2.05) is 12.3 Å². The molecule has 3 heterocycles. The molecule has 0 N–H and O–H groups in total. The molecule has 8 heteroatoms. The van der Waals surface area contributed by atoms with Crippen LogP contribution in [-0.2, 0) is 17.5 Å². The monoisotopic (exact) mass is 484 g/mol. The van der Waals surface area contributed by atoms with Crippen LogP contribution in [0.1, 0.15) is 42.4 Å². The molecule has 35 heavy (non-hydrogen) atoms. The molecule has 1 saturated carbocycles. The Bertz CT molecular complexity index is 1060. The summed E-state index contributed by atoms with van der Waals surface area (Å²) in [5, 5.41) is 9.17. The van der Waals surface area contributed by atoms with E-state index >= 15 is 0 Å². The number of ether oxygens (including phenoxy) is 1. The molecular formula is C27H31F3N4O. The third-order valence-corrected chi connectivity index (χ3v) is 7.96. The molecule has 1 atom stereocenters. The van der Waals surface area contributed by atoms with Crippen LogP contribution >= 0.6 is 0 Å². The number of benzene rings is 1. The number of likely N-dealkylation sites (tertiary alicyclic amines) is 1. The SMILES string of the molecule is N#Cc1ccc(N2CC(COCC3CC3)C3(CCN(Cc4cccnc4)CC3)C2)cc1C(F)(F)F. The Morgan fingerprint density at radius 2 is 1.94 bits per heavy atom. The van der Waals surface area contributed by atoms with Crippen LogP contribution in [-0.4, -0.2) is 49.3 Å². The van der Waals surface area contributed by atoms with E-state index in [9.17, 15) is 13.2 Å². The molecule has 3 aliphatic rings. The lowest BCUT2D eigenvalue weighted by molar-refractivity contribution is -0.137. The van der Waals surface area contributed by atoms with E-state index in [0.29, 0.717) is 31.3 Å². The van der Waals surface area contributed by atoms with Gasteiger partial charge < -0.3 is 9.64 Å². The molecule has 186 valence electrons. The van der Waals surface area contributed by atoms with Gasteiger partial charge in [-0.2, -0.15) is 18.4 Å². The third kappa shape index (κ3) is 5.46. The lowest BCUT2D eigenvalue weighted by Gasteiger charge is -2.42. The Morgan fingerprint density at radius 1 is 1.14 bits per heavy atom. The summed E-state index contributed by atoms with van der Waals surface area (Å²) in [6.07, 6.45) is 3.57. The van der Waals surface area contributed by atoms with Gasteiger partial charge in [0.05, 0.1) is 23.8 Å². The van der Waals surface area contributed by atoms with Crippen molar-refractivity contribution < 1.29 is 17.9 Å². The number of piperidine rings is 1. The Balaban J connectivity index is 1.32. The molecule has 1 spiro atoms. The van der Waals surface area contributed by atoms with Gasteiger partial charge in [0.1, 0.15) is 0 Å². The second-order valence-electron chi connectivity index (χ2n) is 10.4. The first-order valence-corrected chi connectivity index (χ1v) is 12.4. The zero-order chi connectivity index (χ0) is 24.5. The Labute approximate surface area is 204 Å². The van der Waals surface area contributed by atoms with Crippen molar-refractivity contribution >= 4 is 5.69 Å². The van der Waals surface area contributed by atoms with Gasteiger partial charge >= 0.3 is 6.18 Å². The van der Waals surface area contributed by atoms with Gasteiger partial charge in [0, 0.05) is 50.2 Å². The Morgan fingerprint density at radius 3 is 2.60 bits per heavy atom. The first kappa shape index (κ1) is 24.1. The number of aromatic nitrogens is 1. The van der Waals surface area contributed by atoms with E-state index in [1.54, 1.807) is 18.3 Å². The summed E-state index contributed by atoms with van der Waals surface area (Å²) < 4.78 is 46.9.